The van der Waals surface area contributed by atoms with Crippen molar-refractivity contribution in [3.63, 3.8) is 0 Å². The predicted octanol–water partition coefficient (Wildman–Crippen LogP) is 2.61. The number of carbonyl (C=O) groups excluding carboxylic acids is 2. The van der Waals surface area contributed by atoms with Gasteiger partial charge in [-0.25, -0.2) is 0 Å². The Morgan fingerprint density at radius 2 is 2.00 bits per heavy atom. The molecule has 1 aliphatic carbocycles. The minimum Gasteiger partial charge on any atom is -0.303 e. The molecule has 0 bridgehead atoms. The van der Waals surface area contributed by atoms with E-state index in [0.29, 0.717) is 24.5 Å². The van der Waals surface area contributed by atoms with Crippen molar-refractivity contribution in [3.8, 4) is 0 Å². The number of ketones is 1. The number of carbonyl (C=O) groups is 2. The van der Waals surface area contributed by atoms with Crippen molar-refractivity contribution < 1.29 is 9.59 Å². The van der Waals surface area contributed by atoms with Crippen LogP contribution in [0.5, 0.6) is 0 Å². The van der Waals surface area contributed by atoms with E-state index in [1.54, 1.807) is 0 Å². The molecule has 0 aromatic rings. The highest BCUT2D eigenvalue weighted by atomic mass is 16.1. The first-order chi connectivity index (χ1) is 6.45. The Morgan fingerprint density at radius 3 is 2.43 bits per heavy atom. The van der Waals surface area contributed by atoms with Gasteiger partial charge in [0.1, 0.15) is 12.1 Å². The number of rotatable bonds is 2. The second-order valence-corrected chi connectivity index (χ2v) is 5.41. The van der Waals surface area contributed by atoms with Crippen LogP contribution >= 0.6 is 0 Å². The second-order valence-electron chi connectivity index (χ2n) is 5.41. The summed E-state index contributed by atoms with van der Waals surface area (Å²) in [5.41, 5.74) is 0.224. The summed E-state index contributed by atoms with van der Waals surface area (Å²) in [6.07, 6.45) is 3.96. The molecule has 1 saturated carbocycles. The van der Waals surface area contributed by atoms with Gasteiger partial charge < -0.3 is 4.79 Å². The summed E-state index contributed by atoms with van der Waals surface area (Å²) in [5, 5.41) is 0. The van der Waals surface area contributed by atoms with E-state index < -0.39 is 0 Å². The molecular formula is C12H20O2. The van der Waals surface area contributed by atoms with E-state index in [0.717, 1.165) is 19.1 Å². The summed E-state index contributed by atoms with van der Waals surface area (Å²) in [6, 6.07) is 0. The van der Waals surface area contributed by atoms with E-state index in [9.17, 15) is 9.59 Å². The van der Waals surface area contributed by atoms with Crippen molar-refractivity contribution in [1.82, 2.24) is 0 Å². The van der Waals surface area contributed by atoms with Gasteiger partial charge in [0.15, 0.2) is 0 Å². The van der Waals surface area contributed by atoms with Crippen LogP contribution < -0.4 is 0 Å². The maximum atomic E-state index is 11.7. The van der Waals surface area contributed by atoms with Gasteiger partial charge in [0.2, 0.25) is 0 Å². The zero-order chi connectivity index (χ0) is 10.8. The predicted molar refractivity (Wildman–Crippen MR) is 56.0 cm³/mol. The average molecular weight is 196 g/mol. The van der Waals surface area contributed by atoms with Gasteiger partial charge in [-0.05, 0) is 24.2 Å². The molecule has 80 valence electrons. The number of hydrogen-bond donors (Lipinski definition) is 0. The smallest absolute Gasteiger partial charge is 0.136 e. The summed E-state index contributed by atoms with van der Waals surface area (Å²) in [6.45, 7) is 6.56. The number of Topliss-reactive ketones (excluding diaryl/α,β-unsaturated/α-hetero) is 1. The van der Waals surface area contributed by atoms with E-state index in [1.807, 2.05) is 0 Å². The molecule has 0 aromatic carbocycles. The van der Waals surface area contributed by atoms with Gasteiger partial charge in [-0.2, -0.15) is 0 Å². The maximum absolute atomic E-state index is 11.7. The highest BCUT2D eigenvalue weighted by Crippen LogP contribution is 2.38. The molecule has 14 heavy (non-hydrogen) atoms. The Bertz CT molecular complexity index is 225. The maximum Gasteiger partial charge on any atom is 0.136 e. The topological polar surface area (TPSA) is 34.1 Å². The molecule has 1 fully saturated rings. The summed E-state index contributed by atoms with van der Waals surface area (Å²) in [7, 11) is 0. The molecule has 0 heterocycles. The lowest BCUT2D eigenvalue weighted by Gasteiger charge is -2.35. The standard InChI is InChI=1S/C12H20O2/c1-12(2,3)10-5-4-9(6-7-13)11(14)8-10/h7,9-10H,4-6,8H2,1-3H3/t9-,10+/m0/s1. The largest absolute Gasteiger partial charge is 0.303 e. The molecule has 0 amide bonds. The van der Waals surface area contributed by atoms with Crippen LogP contribution in [-0.4, -0.2) is 12.1 Å². The van der Waals surface area contributed by atoms with E-state index in [-0.39, 0.29) is 11.3 Å². The Kier molecular flexibility index (Phi) is 3.46. The van der Waals surface area contributed by atoms with Crippen LogP contribution in [0.25, 0.3) is 0 Å². The molecule has 1 rings (SSSR count). The lowest BCUT2D eigenvalue weighted by atomic mass is 9.69. The second kappa shape index (κ2) is 4.24. The molecule has 0 saturated heterocycles. The van der Waals surface area contributed by atoms with Crippen LogP contribution in [0.3, 0.4) is 0 Å². The minimum absolute atomic E-state index is 0.0195. The van der Waals surface area contributed by atoms with Gasteiger partial charge in [0.05, 0.1) is 0 Å². The third kappa shape index (κ3) is 2.66. The van der Waals surface area contributed by atoms with Gasteiger partial charge in [-0.3, -0.25) is 4.79 Å². The van der Waals surface area contributed by atoms with Crippen molar-refractivity contribution in [2.45, 2.75) is 46.5 Å². The van der Waals surface area contributed by atoms with Crippen LogP contribution in [0.4, 0.5) is 0 Å². The fourth-order valence-corrected chi connectivity index (χ4v) is 2.18. The zero-order valence-electron chi connectivity index (χ0n) is 9.38. The highest BCUT2D eigenvalue weighted by molar-refractivity contribution is 5.83. The molecule has 0 spiro atoms. The third-order valence-electron chi connectivity index (χ3n) is 3.37. The average Bonchev–Trinajstić information content (AvgIpc) is 2.07. The van der Waals surface area contributed by atoms with Crippen LogP contribution in [0, 0.1) is 17.3 Å². The molecule has 1 aliphatic rings. The first kappa shape index (κ1) is 11.4. The highest BCUT2D eigenvalue weighted by Gasteiger charge is 2.34. The number of hydrogen-bond acceptors (Lipinski definition) is 2. The van der Waals surface area contributed by atoms with Crippen LogP contribution in [-0.2, 0) is 9.59 Å². The quantitative estimate of drug-likeness (QED) is 0.636. The molecule has 2 heteroatoms. The molecule has 0 radical (unpaired) electrons. The molecule has 2 nitrogen and oxygen atoms in total. The van der Waals surface area contributed by atoms with Crippen LogP contribution in [0.1, 0.15) is 46.5 Å². The van der Waals surface area contributed by atoms with Crippen LogP contribution in [0.2, 0.25) is 0 Å². The van der Waals surface area contributed by atoms with Gasteiger partial charge in [-0.15, -0.1) is 0 Å². The fraction of sp³-hybridized carbons (Fsp3) is 0.833. The lowest BCUT2D eigenvalue weighted by Crippen LogP contribution is -2.32. The zero-order valence-corrected chi connectivity index (χ0v) is 9.38. The van der Waals surface area contributed by atoms with Gasteiger partial charge in [0, 0.05) is 18.8 Å². The molecule has 0 aliphatic heterocycles. The summed E-state index contributed by atoms with van der Waals surface area (Å²) in [4.78, 5) is 22.0. The Balaban J connectivity index is 2.55. The van der Waals surface area contributed by atoms with E-state index >= 15 is 0 Å². The lowest BCUT2D eigenvalue weighted by molar-refractivity contribution is -0.129. The Hall–Kier alpha value is -0.660. The summed E-state index contributed by atoms with van der Waals surface area (Å²) < 4.78 is 0. The van der Waals surface area contributed by atoms with Crippen molar-refractivity contribution in [3.05, 3.63) is 0 Å². The minimum atomic E-state index is 0.0195. The first-order valence-corrected chi connectivity index (χ1v) is 5.41. The number of aldehydes is 1. The monoisotopic (exact) mass is 196 g/mol. The van der Waals surface area contributed by atoms with E-state index in [2.05, 4.69) is 20.8 Å². The van der Waals surface area contributed by atoms with Crippen molar-refractivity contribution in [2.75, 3.05) is 0 Å². The van der Waals surface area contributed by atoms with Crippen molar-refractivity contribution in [1.29, 1.82) is 0 Å². The summed E-state index contributed by atoms with van der Waals surface area (Å²) >= 11 is 0. The molecule has 0 N–H and O–H groups in total. The van der Waals surface area contributed by atoms with Gasteiger partial charge in [-0.1, -0.05) is 20.8 Å². The molecule has 0 unspecified atom stereocenters. The molecular weight excluding hydrogens is 176 g/mol. The van der Waals surface area contributed by atoms with E-state index in [4.69, 9.17) is 0 Å². The SMILES string of the molecule is CC(C)(C)[C@@H]1CC[C@@H](CC=O)C(=O)C1. The summed E-state index contributed by atoms with van der Waals surface area (Å²) in [5.74, 6) is 0.812. The van der Waals surface area contributed by atoms with Crippen molar-refractivity contribution >= 4 is 12.1 Å². The Labute approximate surface area is 86.1 Å². The van der Waals surface area contributed by atoms with Crippen LogP contribution in [0.15, 0.2) is 0 Å². The molecule has 0 aromatic heterocycles. The third-order valence-corrected chi connectivity index (χ3v) is 3.37. The Morgan fingerprint density at radius 1 is 1.36 bits per heavy atom. The van der Waals surface area contributed by atoms with Gasteiger partial charge >= 0.3 is 0 Å². The van der Waals surface area contributed by atoms with Gasteiger partial charge in [0.25, 0.3) is 0 Å². The van der Waals surface area contributed by atoms with E-state index in [1.165, 1.54) is 0 Å². The molecule has 2 atom stereocenters. The normalized spacial score (nSPS) is 28.9. The fourth-order valence-electron chi connectivity index (χ4n) is 2.18. The van der Waals surface area contributed by atoms with Crippen molar-refractivity contribution in [2.24, 2.45) is 17.3 Å². The first-order valence-electron chi connectivity index (χ1n) is 5.41.